The van der Waals surface area contributed by atoms with E-state index in [1.165, 1.54) is 36.0 Å². The zero-order valence-corrected chi connectivity index (χ0v) is 13.3. The van der Waals surface area contributed by atoms with Gasteiger partial charge in [-0.25, -0.2) is 4.98 Å². The third-order valence-electron chi connectivity index (χ3n) is 4.49. The third-order valence-corrected chi connectivity index (χ3v) is 4.49. The summed E-state index contributed by atoms with van der Waals surface area (Å²) in [7, 11) is 0. The number of amides is 1. The first-order valence-corrected chi connectivity index (χ1v) is 8.02. The summed E-state index contributed by atoms with van der Waals surface area (Å²) in [4.78, 5) is 16.3. The Morgan fingerprint density at radius 2 is 2.09 bits per heavy atom. The molecule has 1 aromatic heterocycles. The van der Waals surface area contributed by atoms with Crippen LogP contribution >= 0.6 is 0 Å². The van der Waals surface area contributed by atoms with E-state index in [-0.39, 0.29) is 11.9 Å². The van der Waals surface area contributed by atoms with Crippen LogP contribution in [0.2, 0.25) is 0 Å². The van der Waals surface area contributed by atoms with Crippen LogP contribution in [-0.2, 0) is 24.2 Å². The van der Waals surface area contributed by atoms with Gasteiger partial charge in [0.2, 0.25) is 5.91 Å². The maximum Gasteiger partial charge on any atom is 0.240 e. The Balaban J connectivity index is 1.65. The van der Waals surface area contributed by atoms with Gasteiger partial charge >= 0.3 is 0 Å². The molecule has 1 amide bonds. The zero-order valence-electron chi connectivity index (χ0n) is 13.3. The highest BCUT2D eigenvalue weighted by Crippen LogP contribution is 2.24. The molecule has 4 nitrogen and oxygen atoms in total. The zero-order chi connectivity index (χ0) is 15.5. The van der Waals surface area contributed by atoms with Crippen molar-refractivity contribution in [3.63, 3.8) is 0 Å². The fourth-order valence-corrected chi connectivity index (χ4v) is 3.12. The Labute approximate surface area is 131 Å². The Kier molecular flexibility index (Phi) is 4.27. The normalized spacial score (nSPS) is 15.2. The van der Waals surface area contributed by atoms with E-state index in [1.807, 2.05) is 24.6 Å². The van der Waals surface area contributed by atoms with Crippen molar-refractivity contribution in [1.82, 2.24) is 14.9 Å². The molecule has 0 bridgehead atoms. The SMILES string of the molecule is Cc1nccn1CC(=O)NC(C)c1ccc2c(c1)CCCC2. The van der Waals surface area contributed by atoms with E-state index in [0.717, 1.165) is 12.2 Å². The van der Waals surface area contributed by atoms with E-state index in [4.69, 9.17) is 0 Å². The fraction of sp³-hybridized carbons (Fsp3) is 0.444. The van der Waals surface area contributed by atoms with Gasteiger partial charge in [0.25, 0.3) is 0 Å². The predicted molar refractivity (Wildman–Crippen MR) is 86.6 cm³/mol. The van der Waals surface area contributed by atoms with E-state index >= 15 is 0 Å². The van der Waals surface area contributed by atoms with Gasteiger partial charge in [0.05, 0.1) is 6.04 Å². The minimum absolute atomic E-state index is 0.0197. The lowest BCUT2D eigenvalue weighted by Gasteiger charge is -2.20. The smallest absolute Gasteiger partial charge is 0.240 e. The van der Waals surface area contributed by atoms with Gasteiger partial charge in [-0.15, -0.1) is 0 Å². The molecule has 0 saturated heterocycles. The number of imidazole rings is 1. The molecule has 1 aromatic carbocycles. The number of hydrogen-bond acceptors (Lipinski definition) is 2. The van der Waals surface area contributed by atoms with Crippen LogP contribution in [0.15, 0.2) is 30.6 Å². The van der Waals surface area contributed by atoms with E-state index in [1.54, 1.807) is 6.20 Å². The number of aromatic nitrogens is 2. The number of carbonyl (C=O) groups is 1. The van der Waals surface area contributed by atoms with Crippen LogP contribution in [0.1, 0.15) is 48.3 Å². The third kappa shape index (κ3) is 3.21. The van der Waals surface area contributed by atoms with Crippen molar-refractivity contribution in [2.24, 2.45) is 0 Å². The number of hydrogen-bond donors (Lipinski definition) is 1. The molecular weight excluding hydrogens is 274 g/mol. The molecular formula is C18H23N3O. The van der Waals surface area contributed by atoms with E-state index in [0.29, 0.717) is 6.54 Å². The molecule has 1 N–H and O–H groups in total. The topological polar surface area (TPSA) is 46.9 Å². The lowest BCUT2D eigenvalue weighted by Crippen LogP contribution is -2.30. The number of nitrogens with one attached hydrogen (secondary N) is 1. The van der Waals surface area contributed by atoms with Gasteiger partial charge in [0.1, 0.15) is 12.4 Å². The average Bonchev–Trinajstić information content (AvgIpc) is 2.91. The molecule has 3 rings (SSSR count). The minimum atomic E-state index is 0.0197. The van der Waals surface area contributed by atoms with Crippen molar-refractivity contribution in [2.75, 3.05) is 0 Å². The molecule has 0 radical (unpaired) electrons. The van der Waals surface area contributed by atoms with Crippen LogP contribution in [0, 0.1) is 6.92 Å². The molecule has 1 heterocycles. The molecule has 1 unspecified atom stereocenters. The van der Waals surface area contributed by atoms with Crippen LogP contribution in [0.25, 0.3) is 0 Å². The van der Waals surface area contributed by atoms with Crippen molar-refractivity contribution >= 4 is 5.91 Å². The monoisotopic (exact) mass is 297 g/mol. The summed E-state index contributed by atoms with van der Waals surface area (Å²) in [5.74, 6) is 0.878. The van der Waals surface area contributed by atoms with Crippen molar-refractivity contribution < 1.29 is 4.79 Å². The van der Waals surface area contributed by atoms with Crippen LogP contribution in [0.3, 0.4) is 0 Å². The van der Waals surface area contributed by atoms with Gasteiger partial charge in [0, 0.05) is 12.4 Å². The quantitative estimate of drug-likeness (QED) is 0.943. The highest BCUT2D eigenvalue weighted by Gasteiger charge is 2.14. The second kappa shape index (κ2) is 6.34. The van der Waals surface area contributed by atoms with Crippen molar-refractivity contribution in [3.8, 4) is 0 Å². The summed E-state index contributed by atoms with van der Waals surface area (Å²) in [6.45, 7) is 4.27. The van der Waals surface area contributed by atoms with Crippen LogP contribution < -0.4 is 5.32 Å². The highest BCUT2D eigenvalue weighted by atomic mass is 16.2. The Bertz CT molecular complexity index is 675. The molecule has 0 aliphatic heterocycles. The number of aryl methyl sites for hydroxylation is 3. The summed E-state index contributed by atoms with van der Waals surface area (Å²) in [5, 5.41) is 3.08. The molecule has 2 aromatic rings. The number of fused-ring (bicyclic) bond motifs is 1. The summed E-state index contributed by atoms with van der Waals surface area (Å²) >= 11 is 0. The van der Waals surface area contributed by atoms with Crippen LogP contribution in [0.5, 0.6) is 0 Å². The molecule has 1 aliphatic carbocycles. The largest absolute Gasteiger partial charge is 0.348 e. The standard InChI is InChI=1S/C18H23N3O/c1-13(20-18(22)12-21-10-9-19-14(21)2)16-8-7-15-5-3-4-6-17(15)11-16/h7-11,13H,3-6,12H2,1-2H3,(H,20,22). The second-order valence-corrected chi connectivity index (χ2v) is 6.13. The van der Waals surface area contributed by atoms with Gasteiger partial charge < -0.3 is 9.88 Å². The Hall–Kier alpha value is -2.10. The first-order chi connectivity index (χ1) is 10.6. The summed E-state index contributed by atoms with van der Waals surface area (Å²) < 4.78 is 1.86. The minimum Gasteiger partial charge on any atom is -0.348 e. The number of benzene rings is 1. The molecule has 22 heavy (non-hydrogen) atoms. The molecule has 0 spiro atoms. The van der Waals surface area contributed by atoms with E-state index in [2.05, 4.69) is 28.5 Å². The first-order valence-electron chi connectivity index (χ1n) is 8.02. The fourth-order valence-electron chi connectivity index (χ4n) is 3.12. The molecule has 0 saturated carbocycles. The van der Waals surface area contributed by atoms with E-state index < -0.39 is 0 Å². The maximum absolute atomic E-state index is 12.2. The molecule has 1 atom stereocenters. The second-order valence-electron chi connectivity index (χ2n) is 6.13. The van der Waals surface area contributed by atoms with Crippen molar-refractivity contribution in [1.29, 1.82) is 0 Å². The number of nitrogens with zero attached hydrogens (tertiary/aromatic N) is 2. The summed E-state index contributed by atoms with van der Waals surface area (Å²) in [6, 6.07) is 6.68. The summed E-state index contributed by atoms with van der Waals surface area (Å²) in [5.41, 5.74) is 4.12. The lowest BCUT2D eigenvalue weighted by molar-refractivity contribution is -0.122. The Morgan fingerprint density at radius 1 is 1.32 bits per heavy atom. The first kappa shape index (κ1) is 14.8. The molecule has 1 aliphatic rings. The van der Waals surface area contributed by atoms with Crippen LogP contribution in [0.4, 0.5) is 0 Å². The average molecular weight is 297 g/mol. The predicted octanol–water partition coefficient (Wildman–Crippen LogP) is 2.95. The van der Waals surface area contributed by atoms with Crippen molar-refractivity contribution in [3.05, 3.63) is 53.1 Å². The maximum atomic E-state index is 12.2. The molecule has 0 fully saturated rings. The molecule has 4 heteroatoms. The van der Waals surface area contributed by atoms with Gasteiger partial charge in [-0.2, -0.15) is 0 Å². The highest BCUT2D eigenvalue weighted by molar-refractivity contribution is 5.76. The summed E-state index contributed by atoms with van der Waals surface area (Å²) in [6.07, 6.45) is 8.47. The van der Waals surface area contributed by atoms with Crippen LogP contribution in [-0.4, -0.2) is 15.5 Å². The van der Waals surface area contributed by atoms with Gasteiger partial charge in [-0.1, -0.05) is 18.2 Å². The Morgan fingerprint density at radius 3 is 2.82 bits per heavy atom. The lowest BCUT2D eigenvalue weighted by atomic mass is 9.89. The van der Waals surface area contributed by atoms with Gasteiger partial charge in [-0.3, -0.25) is 4.79 Å². The number of carbonyl (C=O) groups excluding carboxylic acids is 1. The van der Waals surface area contributed by atoms with Gasteiger partial charge in [0.15, 0.2) is 0 Å². The number of rotatable bonds is 4. The van der Waals surface area contributed by atoms with Crippen molar-refractivity contribution in [2.45, 2.75) is 52.1 Å². The molecule has 116 valence electrons. The van der Waals surface area contributed by atoms with Gasteiger partial charge in [-0.05, 0) is 56.2 Å². The van der Waals surface area contributed by atoms with E-state index in [9.17, 15) is 4.79 Å².